The molecule has 0 bridgehead atoms. The molecular weight excluding hydrogens is 302 g/mol. The lowest BCUT2D eigenvalue weighted by molar-refractivity contribution is -0.115. The lowest BCUT2D eigenvalue weighted by Crippen LogP contribution is -2.41. The predicted octanol–water partition coefficient (Wildman–Crippen LogP) is 1.95. The molecule has 24 heavy (non-hydrogen) atoms. The number of benzene rings is 1. The molecule has 6 nitrogen and oxygen atoms in total. The SMILES string of the molecule is CCc1cccc(NC(=O)CNC(=NC)NCc2ccccn2)c1. The number of pyridine rings is 1. The molecular formula is C18H23N5O. The fourth-order valence-corrected chi connectivity index (χ4v) is 2.14. The third-order valence-electron chi connectivity index (χ3n) is 3.42. The first kappa shape index (κ1) is 17.5. The summed E-state index contributed by atoms with van der Waals surface area (Å²) in [4.78, 5) is 20.4. The van der Waals surface area contributed by atoms with E-state index < -0.39 is 0 Å². The number of aliphatic imine (C=N–C) groups is 1. The number of aromatic nitrogens is 1. The summed E-state index contributed by atoms with van der Waals surface area (Å²) in [5, 5.41) is 8.98. The fraction of sp³-hybridized carbons (Fsp3) is 0.278. The Balaban J connectivity index is 1.78. The maximum atomic E-state index is 12.0. The van der Waals surface area contributed by atoms with E-state index in [9.17, 15) is 4.79 Å². The van der Waals surface area contributed by atoms with E-state index in [4.69, 9.17) is 0 Å². The van der Waals surface area contributed by atoms with Gasteiger partial charge < -0.3 is 16.0 Å². The van der Waals surface area contributed by atoms with Crippen LogP contribution in [0.5, 0.6) is 0 Å². The Morgan fingerprint density at radius 1 is 1.17 bits per heavy atom. The number of nitrogens with zero attached hydrogens (tertiary/aromatic N) is 2. The third kappa shape index (κ3) is 5.72. The van der Waals surface area contributed by atoms with Crippen LogP contribution in [-0.2, 0) is 17.8 Å². The largest absolute Gasteiger partial charge is 0.351 e. The summed E-state index contributed by atoms with van der Waals surface area (Å²) in [6, 6.07) is 13.6. The molecule has 0 radical (unpaired) electrons. The lowest BCUT2D eigenvalue weighted by atomic mass is 10.1. The first-order valence-corrected chi connectivity index (χ1v) is 7.94. The van der Waals surface area contributed by atoms with Crippen molar-refractivity contribution >= 4 is 17.6 Å². The quantitative estimate of drug-likeness (QED) is 0.560. The van der Waals surface area contributed by atoms with Gasteiger partial charge in [0.15, 0.2) is 5.96 Å². The van der Waals surface area contributed by atoms with Gasteiger partial charge in [-0.2, -0.15) is 0 Å². The van der Waals surface area contributed by atoms with Gasteiger partial charge >= 0.3 is 0 Å². The molecule has 0 saturated carbocycles. The van der Waals surface area contributed by atoms with Crippen LogP contribution in [0.15, 0.2) is 53.7 Å². The van der Waals surface area contributed by atoms with E-state index in [1.807, 2.05) is 42.5 Å². The van der Waals surface area contributed by atoms with Crippen LogP contribution >= 0.6 is 0 Å². The molecule has 1 amide bonds. The van der Waals surface area contributed by atoms with Gasteiger partial charge in [0.25, 0.3) is 0 Å². The lowest BCUT2D eigenvalue weighted by Gasteiger charge is -2.12. The van der Waals surface area contributed by atoms with E-state index in [0.717, 1.165) is 17.8 Å². The van der Waals surface area contributed by atoms with E-state index in [-0.39, 0.29) is 12.5 Å². The number of hydrogen-bond donors (Lipinski definition) is 3. The fourth-order valence-electron chi connectivity index (χ4n) is 2.14. The van der Waals surface area contributed by atoms with E-state index in [1.165, 1.54) is 5.56 Å². The van der Waals surface area contributed by atoms with Crippen molar-refractivity contribution in [2.24, 2.45) is 4.99 Å². The van der Waals surface area contributed by atoms with Crippen LogP contribution in [0.3, 0.4) is 0 Å². The molecule has 0 unspecified atom stereocenters. The van der Waals surface area contributed by atoms with E-state index in [2.05, 4.69) is 32.9 Å². The predicted molar refractivity (Wildman–Crippen MR) is 96.9 cm³/mol. The van der Waals surface area contributed by atoms with Crippen molar-refractivity contribution in [3.8, 4) is 0 Å². The maximum Gasteiger partial charge on any atom is 0.243 e. The molecule has 1 aromatic carbocycles. The Hall–Kier alpha value is -2.89. The second kappa shape index (κ2) is 9.29. The average Bonchev–Trinajstić information content (AvgIpc) is 2.63. The van der Waals surface area contributed by atoms with Crippen molar-refractivity contribution in [3.05, 3.63) is 59.9 Å². The van der Waals surface area contributed by atoms with Crippen LogP contribution in [-0.4, -0.2) is 30.4 Å². The van der Waals surface area contributed by atoms with Crippen molar-refractivity contribution in [3.63, 3.8) is 0 Å². The van der Waals surface area contributed by atoms with Gasteiger partial charge in [-0.15, -0.1) is 0 Å². The van der Waals surface area contributed by atoms with Crippen molar-refractivity contribution in [1.29, 1.82) is 0 Å². The van der Waals surface area contributed by atoms with Crippen molar-refractivity contribution < 1.29 is 4.79 Å². The number of nitrogens with one attached hydrogen (secondary N) is 3. The summed E-state index contributed by atoms with van der Waals surface area (Å²) in [6.07, 6.45) is 2.68. The Morgan fingerprint density at radius 3 is 2.75 bits per heavy atom. The summed E-state index contributed by atoms with van der Waals surface area (Å²) in [7, 11) is 1.66. The zero-order valence-electron chi connectivity index (χ0n) is 14.0. The Labute approximate surface area is 142 Å². The number of anilines is 1. The zero-order chi connectivity index (χ0) is 17.2. The maximum absolute atomic E-state index is 12.0. The number of guanidine groups is 1. The molecule has 126 valence electrons. The van der Waals surface area contributed by atoms with Crippen LogP contribution in [0.2, 0.25) is 0 Å². The molecule has 1 aromatic heterocycles. The molecule has 0 spiro atoms. The number of aryl methyl sites for hydroxylation is 1. The van der Waals surface area contributed by atoms with Gasteiger partial charge in [0.05, 0.1) is 18.8 Å². The highest BCUT2D eigenvalue weighted by atomic mass is 16.1. The summed E-state index contributed by atoms with van der Waals surface area (Å²) < 4.78 is 0. The highest BCUT2D eigenvalue weighted by Gasteiger charge is 2.05. The smallest absolute Gasteiger partial charge is 0.243 e. The molecule has 1 heterocycles. The molecule has 3 N–H and O–H groups in total. The van der Waals surface area contributed by atoms with Crippen molar-refractivity contribution in [1.82, 2.24) is 15.6 Å². The van der Waals surface area contributed by atoms with Gasteiger partial charge in [-0.3, -0.25) is 14.8 Å². The van der Waals surface area contributed by atoms with Crippen molar-refractivity contribution in [2.75, 3.05) is 18.9 Å². The molecule has 6 heteroatoms. The Kier molecular flexibility index (Phi) is 6.76. The van der Waals surface area contributed by atoms with Crippen LogP contribution in [0.4, 0.5) is 5.69 Å². The Bertz CT molecular complexity index is 685. The molecule has 0 aliphatic carbocycles. The Morgan fingerprint density at radius 2 is 2.04 bits per heavy atom. The monoisotopic (exact) mass is 325 g/mol. The molecule has 2 aromatic rings. The third-order valence-corrected chi connectivity index (χ3v) is 3.42. The minimum Gasteiger partial charge on any atom is -0.351 e. The molecule has 0 fully saturated rings. The van der Waals surface area contributed by atoms with E-state index >= 15 is 0 Å². The second-order valence-electron chi connectivity index (χ2n) is 5.20. The number of amides is 1. The van der Waals surface area contributed by atoms with Crippen LogP contribution in [0.25, 0.3) is 0 Å². The van der Waals surface area contributed by atoms with Gasteiger partial charge in [0.2, 0.25) is 5.91 Å². The van der Waals surface area contributed by atoms with Gasteiger partial charge in [-0.05, 0) is 36.2 Å². The number of carbonyl (C=O) groups is 1. The second-order valence-corrected chi connectivity index (χ2v) is 5.20. The van der Waals surface area contributed by atoms with Crippen LogP contribution < -0.4 is 16.0 Å². The van der Waals surface area contributed by atoms with Gasteiger partial charge in [-0.25, -0.2) is 0 Å². The van der Waals surface area contributed by atoms with Gasteiger partial charge in [0, 0.05) is 18.9 Å². The summed E-state index contributed by atoms with van der Waals surface area (Å²) >= 11 is 0. The van der Waals surface area contributed by atoms with Crippen molar-refractivity contribution in [2.45, 2.75) is 19.9 Å². The first-order valence-electron chi connectivity index (χ1n) is 7.94. The first-order chi connectivity index (χ1) is 11.7. The number of rotatable bonds is 6. The topological polar surface area (TPSA) is 78.4 Å². The normalized spacial score (nSPS) is 11.0. The summed E-state index contributed by atoms with van der Waals surface area (Å²) in [5.41, 5.74) is 2.90. The average molecular weight is 325 g/mol. The molecule has 0 aliphatic heterocycles. The van der Waals surface area contributed by atoms with Crippen LogP contribution in [0.1, 0.15) is 18.2 Å². The minimum atomic E-state index is -0.121. The van der Waals surface area contributed by atoms with E-state index in [1.54, 1.807) is 13.2 Å². The highest BCUT2D eigenvalue weighted by molar-refractivity contribution is 5.95. The number of carbonyl (C=O) groups excluding carboxylic acids is 1. The minimum absolute atomic E-state index is 0.121. The van der Waals surface area contributed by atoms with Gasteiger partial charge in [-0.1, -0.05) is 25.1 Å². The molecule has 0 saturated heterocycles. The standard InChI is InChI=1S/C18H23N5O/c1-3-14-7-6-9-15(11-14)23-17(24)13-22-18(19-2)21-12-16-8-4-5-10-20-16/h4-11H,3,12-13H2,1-2H3,(H,23,24)(H2,19,21,22). The highest BCUT2D eigenvalue weighted by Crippen LogP contribution is 2.10. The molecule has 0 atom stereocenters. The number of hydrogen-bond acceptors (Lipinski definition) is 3. The molecule has 0 aliphatic rings. The van der Waals surface area contributed by atoms with Gasteiger partial charge in [0.1, 0.15) is 0 Å². The van der Waals surface area contributed by atoms with E-state index in [0.29, 0.717) is 12.5 Å². The summed E-state index contributed by atoms with van der Waals surface area (Å²) in [5.74, 6) is 0.433. The summed E-state index contributed by atoms with van der Waals surface area (Å²) in [6.45, 7) is 2.76. The van der Waals surface area contributed by atoms with Crippen LogP contribution in [0, 0.1) is 0 Å². The molecule has 2 rings (SSSR count). The zero-order valence-corrected chi connectivity index (χ0v) is 14.0.